The minimum atomic E-state index is -5.01. The Hall–Kier alpha value is -4.80. The number of esters is 4. The average molecular weight is 1500 g/mol. The molecule has 0 spiro atoms. The van der Waals surface area contributed by atoms with Gasteiger partial charge < -0.3 is 33.8 Å². The van der Waals surface area contributed by atoms with Crippen molar-refractivity contribution in [2.24, 2.45) is 0 Å². The first-order valence-electron chi connectivity index (χ1n) is 40.4. The zero-order valence-electron chi connectivity index (χ0n) is 65.2. The fourth-order valence-corrected chi connectivity index (χ4v) is 11.9. The summed E-state index contributed by atoms with van der Waals surface area (Å²) < 4.78 is 68.5. The number of aliphatic hydroxyl groups is 1. The molecule has 0 aliphatic rings. The molecule has 0 fully saturated rings. The van der Waals surface area contributed by atoms with E-state index in [9.17, 15) is 43.2 Å². The Balaban J connectivity index is 5.48. The van der Waals surface area contributed by atoms with Crippen LogP contribution in [0.3, 0.4) is 0 Å². The van der Waals surface area contributed by atoms with E-state index in [1.807, 2.05) is 24.3 Å². The summed E-state index contributed by atoms with van der Waals surface area (Å²) in [7, 11) is -10.0. The number of unbranched alkanes of at least 4 members (excludes halogenated alkanes) is 27. The number of rotatable bonds is 75. The van der Waals surface area contributed by atoms with Crippen LogP contribution in [0, 0.1) is 0 Å². The Morgan fingerprint density at radius 3 is 0.798 bits per heavy atom. The van der Waals surface area contributed by atoms with Gasteiger partial charge >= 0.3 is 39.5 Å². The molecule has 0 heterocycles. The molecule has 0 aromatic heterocycles. The largest absolute Gasteiger partial charge is 0.472 e. The SMILES string of the molecule is CCCCC/C=C\C/C=C\C/C=C\C/C=C\CCCC(=O)OC[C@H](COP(=O)(O)OC[C@@H](O)COP(=O)(O)OC[C@@H](COC(=O)CCCCCCC/C=C\C/C=C\CCCCC)OC(=O)CCCCCCCCC/C=C\CCCCCC)OC(=O)CCC/C=C\C/C=C\C/C=C\C/C=C\CCCCC. The highest BCUT2D eigenvalue weighted by Crippen LogP contribution is 2.45. The Kier molecular flexibility index (Phi) is 72.9. The van der Waals surface area contributed by atoms with Crippen LogP contribution in [-0.4, -0.2) is 96.7 Å². The van der Waals surface area contributed by atoms with Crippen molar-refractivity contribution in [2.45, 2.75) is 341 Å². The molecule has 0 amide bonds. The molecule has 0 aromatic rings. The van der Waals surface area contributed by atoms with Crippen LogP contribution < -0.4 is 0 Å². The third-order valence-corrected chi connectivity index (χ3v) is 18.5. The van der Waals surface area contributed by atoms with Gasteiger partial charge in [0.1, 0.15) is 19.3 Å². The minimum absolute atomic E-state index is 0.00421. The highest BCUT2D eigenvalue weighted by atomic mass is 31.2. The molecule has 0 rings (SSSR count). The summed E-state index contributed by atoms with van der Waals surface area (Å²) in [5, 5.41) is 10.6. The van der Waals surface area contributed by atoms with Crippen molar-refractivity contribution in [3.63, 3.8) is 0 Å². The first-order chi connectivity index (χ1) is 50.7. The van der Waals surface area contributed by atoms with Crippen molar-refractivity contribution in [1.82, 2.24) is 0 Å². The molecule has 0 aliphatic heterocycles. The number of carbonyl (C=O) groups is 4. The van der Waals surface area contributed by atoms with E-state index < -0.39 is 97.5 Å². The normalized spacial score (nSPS) is 14.6. The standard InChI is InChI=1S/C85H144O17P2/c1-5-9-13-17-21-25-29-33-37-39-43-46-50-54-58-62-66-70-83(88)96-76-81(102-85(90)72-68-64-60-56-52-48-44-40-38-34-30-26-22-18-14-10-6-2)78-100-104(93,94)98-74-79(86)73-97-103(91,92)99-77-80(101-84(89)71-67-63-59-55-51-47-42-36-32-28-24-20-16-12-8-4)75-95-82(87)69-65-61-57-53-49-45-41-35-31-27-23-19-15-11-7-3/h21-23,25-28,32-35,37-38,41,43-44,46,48,54,56,58,60,79-81,86H,5-20,24,29-31,36,39-40,42,45,47,49-53,55,57,59,61-78H2,1-4H3,(H,91,92)(H,93,94)/b25-21-,26-22-,27-23-,32-28-,37-33-,38-34-,41-35-,46-43-,48-44-,58-54-,60-56-/t79-,80+,81+/m0/s1. The molecule has 5 atom stereocenters. The Labute approximate surface area is 631 Å². The van der Waals surface area contributed by atoms with E-state index in [2.05, 4.69) is 137 Å². The summed E-state index contributed by atoms with van der Waals surface area (Å²) in [6, 6.07) is 0. The highest BCUT2D eigenvalue weighted by molar-refractivity contribution is 7.47. The van der Waals surface area contributed by atoms with Crippen LogP contribution >= 0.6 is 15.6 Å². The highest BCUT2D eigenvalue weighted by Gasteiger charge is 2.30. The van der Waals surface area contributed by atoms with Crippen molar-refractivity contribution in [3.8, 4) is 0 Å². The molecule has 2 unspecified atom stereocenters. The van der Waals surface area contributed by atoms with Crippen LogP contribution in [0.2, 0.25) is 0 Å². The van der Waals surface area contributed by atoms with Crippen LogP contribution in [0.25, 0.3) is 0 Å². The lowest BCUT2D eigenvalue weighted by Crippen LogP contribution is -2.30. The molecular formula is C85H144O17P2. The van der Waals surface area contributed by atoms with E-state index in [1.54, 1.807) is 0 Å². The molecule has 17 nitrogen and oxygen atoms in total. The van der Waals surface area contributed by atoms with Gasteiger partial charge in [-0.2, -0.15) is 0 Å². The molecule has 0 bridgehead atoms. The second-order valence-corrected chi connectivity index (χ2v) is 29.5. The number of carbonyl (C=O) groups excluding carboxylic acids is 4. The molecule has 0 radical (unpaired) electrons. The van der Waals surface area contributed by atoms with Crippen molar-refractivity contribution < 1.29 is 80.2 Å². The summed E-state index contributed by atoms with van der Waals surface area (Å²) in [6.45, 7) is 4.65. The van der Waals surface area contributed by atoms with Crippen LogP contribution in [0.1, 0.15) is 323 Å². The van der Waals surface area contributed by atoms with Crippen LogP contribution in [0.15, 0.2) is 134 Å². The number of phosphoric ester groups is 2. The predicted octanol–water partition coefficient (Wildman–Crippen LogP) is 23.7. The maximum absolute atomic E-state index is 13.1. The lowest BCUT2D eigenvalue weighted by atomic mass is 10.1. The van der Waals surface area contributed by atoms with Gasteiger partial charge in [-0.1, -0.05) is 271 Å². The van der Waals surface area contributed by atoms with Gasteiger partial charge in [0, 0.05) is 25.7 Å². The van der Waals surface area contributed by atoms with Crippen molar-refractivity contribution in [3.05, 3.63) is 134 Å². The van der Waals surface area contributed by atoms with Gasteiger partial charge in [-0.3, -0.25) is 37.3 Å². The molecule has 0 aliphatic carbocycles. The molecule has 0 aromatic carbocycles. The molecule has 19 heteroatoms. The molecule has 3 N–H and O–H groups in total. The maximum Gasteiger partial charge on any atom is 0.472 e. The van der Waals surface area contributed by atoms with Gasteiger partial charge in [0.15, 0.2) is 12.2 Å². The monoisotopic (exact) mass is 1500 g/mol. The topological polar surface area (TPSA) is 237 Å². The second kappa shape index (κ2) is 76.4. The van der Waals surface area contributed by atoms with E-state index in [0.717, 1.165) is 148 Å². The minimum Gasteiger partial charge on any atom is -0.462 e. The molecule has 0 saturated heterocycles. The first-order valence-corrected chi connectivity index (χ1v) is 43.4. The summed E-state index contributed by atoms with van der Waals surface area (Å²) in [5.74, 6) is -2.32. The zero-order chi connectivity index (χ0) is 76.0. The molecule has 0 saturated carbocycles. The van der Waals surface area contributed by atoms with Gasteiger partial charge in [-0.05, 0) is 161 Å². The van der Waals surface area contributed by atoms with Gasteiger partial charge in [0.05, 0.1) is 26.4 Å². The third-order valence-electron chi connectivity index (χ3n) is 16.6. The number of ether oxygens (including phenoxy) is 4. The molecule has 104 heavy (non-hydrogen) atoms. The van der Waals surface area contributed by atoms with Crippen molar-refractivity contribution in [1.29, 1.82) is 0 Å². The van der Waals surface area contributed by atoms with Crippen molar-refractivity contribution in [2.75, 3.05) is 39.6 Å². The maximum atomic E-state index is 13.1. The van der Waals surface area contributed by atoms with E-state index in [1.165, 1.54) is 83.5 Å². The quantitative estimate of drug-likeness (QED) is 0.0169. The van der Waals surface area contributed by atoms with Crippen molar-refractivity contribution >= 4 is 39.5 Å². The van der Waals surface area contributed by atoms with E-state index in [4.69, 9.17) is 37.0 Å². The summed E-state index contributed by atoms with van der Waals surface area (Å²) >= 11 is 0. The summed E-state index contributed by atoms with van der Waals surface area (Å²) in [4.78, 5) is 73.0. The summed E-state index contributed by atoms with van der Waals surface area (Å²) in [5.41, 5.74) is 0. The fraction of sp³-hybridized carbons (Fsp3) is 0.694. The van der Waals surface area contributed by atoms with Crippen LogP contribution in [-0.2, 0) is 65.4 Å². The number of allylic oxidation sites excluding steroid dienone is 22. The fourth-order valence-electron chi connectivity index (χ4n) is 10.3. The lowest BCUT2D eigenvalue weighted by Gasteiger charge is -2.21. The predicted molar refractivity (Wildman–Crippen MR) is 427 cm³/mol. The summed E-state index contributed by atoms with van der Waals surface area (Å²) in [6.07, 6.45) is 85.8. The molecule has 596 valence electrons. The zero-order valence-corrected chi connectivity index (χ0v) is 66.9. The Bertz CT molecular complexity index is 2490. The van der Waals surface area contributed by atoms with Gasteiger partial charge in [0.2, 0.25) is 0 Å². The van der Waals surface area contributed by atoms with Crippen LogP contribution in [0.4, 0.5) is 0 Å². The third kappa shape index (κ3) is 75.4. The number of aliphatic hydroxyl groups excluding tert-OH is 1. The van der Waals surface area contributed by atoms with Gasteiger partial charge in [-0.25, -0.2) is 9.13 Å². The average Bonchev–Trinajstić information content (AvgIpc) is 0.926. The second-order valence-electron chi connectivity index (χ2n) is 26.6. The Morgan fingerprint density at radius 2 is 0.481 bits per heavy atom. The van der Waals surface area contributed by atoms with E-state index in [0.29, 0.717) is 38.5 Å². The van der Waals surface area contributed by atoms with Gasteiger partial charge in [-0.15, -0.1) is 0 Å². The Morgan fingerprint density at radius 1 is 0.269 bits per heavy atom. The lowest BCUT2D eigenvalue weighted by molar-refractivity contribution is -0.161. The van der Waals surface area contributed by atoms with Crippen LogP contribution in [0.5, 0.6) is 0 Å². The number of hydrogen-bond donors (Lipinski definition) is 3. The smallest absolute Gasteiger partial charge is 0.462 e. The number of hydrogen-bond acceptors (Lipinski definition) is 15. The van der Waals surface area contributed by atoms with Gasteiger partial charge in [0.25, 0.3) is 0 Å². The van der Waals surface area contributed by atoms with E-state index in [-0.39, 0.29) is 25.7 Å². The first kappa shape index (κ1) is 99.2. The molecular weight excluding hydrogens is 1350 g/mol. The number of phosphoric acid groups is 2. The van der Waals surface area contributed by atoms with E-state index >= 15 is 0 Å².